The number of aryl methyl sites for hydroxylation is 1. The van der Waals surface area contributed by atoms with Crippen LogP contribution in [0.4, 0.5) is 0 Å². The van der Waals surface area contributed by atoms with E-state index in [9.17, 15) is 4.79 Å². The van der Waals surface area contributed by atoms with E-state index in [1.54, 1.807) is 22.1 Å². The van der Waals surface area contributed by atoms with Gasteiger partial charge in [-0.3, -0.25) is 9.36 Å². The van der Waals surface area contributed by atoms with E-state index < -0.39 is 0 Å². The van der Waals surface area contributed by atoms with Crippen molar-refractivity contribution in [1.82, 2.24) is 14.9 Å². The average Bonchev–Trinajstić information content (AvgIpc) is 2.92. The topological polar surface area (TPSA) is 46.9 Å². The number of hydrogen-bond acceptors (Lipinski definition) is 4. The second-order valence-corrected chi connectivity index (χ2v) is 6.44. The molecule has 2 rings (SSSR count). The molecule has 0 fully saturated rings. The molecule has 2 aromatic heterocycles. The molecule has 0 saturated heterocycles. The van der Waals surface area contributed by atoms with E-state index in [2.05, 4.69) is 34.7 Å². The Kier molecular flexibility index (Phi) is 5.12. The first kappa shape index (κ1) is 14.7. The predicted octanol–water partition coefficient (Wildman–Crippen LogP) is 2.57. The molecular weight excluding hydrogens is 373 g/mol. The third kappa shape index (κ3) is 3.64. The van der Waals surface area contributed by atoms with Crippen LogP contribution < -0.4 is 10.9 Å². The molecule has 2 heterocycles. The molecule has 1 atom stereocenters. The molecule has 0 aliphatic rings. The molecule has 0 radical (unpaired) electrons. The zero-order valence-corrected chi connectivity index (χ0v) is 13.9. The average molecular weight is 389 g/mol. The van der Waals surface area contributed by atoms with Gasteiger partial charge in [0.2, 0.25) is 0 Å². The van der Waals surface area contributed by atoms with E-state index >= 15 is 0 Å². The van der Waals surface area contributed by atoms with Crippen LogP contribution in [0.1, 0.15) is 23.7 Å². The summed E-state index contributed by atoms with van der Waals surface area (Å²) in [7, 11) is 0. The number of nitrogens with zero attached hydrogens (tertiary/aromatic N) is 2. The molecule has 0 saturated carbocycles. The van der Waals surface area contributed by atoms with Crippen molar-refractivity contribution in [2.75, 3.05) is 6.54 Å². The van der Waals surface area contributed by atoms with E-state index in [0.717, 1.165) is 12.4 Å². The van der Waals surface area contributed by atoms with Crippen LogP contribution in [0.25, 0.3) is 0 Å². The molecule has 102 valence electrons. The van der Waals surface area contributed by atoms with Crippen molar-refractivity contribution in [2.24, 2.45) is 0 Å². The van der Waals surface area contributed by atoms with Gasteiger partial charge < -0.3 is 5.32 Å². The summed E-state index contributed by atoms with van der Waals surface area (Å²) in [6.07, 6.45) is 1.62. The third-order valence-electron chi connectivity index (χ3n) is 2.96. The monoisotopic (exact) mass is 389 g/mol. The minimum Gasteiger partial charge on any atom is -0.308 e. The van der Waals surface area contributed by atoms with Gasteiger partial charge in [-0.1, -0.05) is 6.07 Å². The summed E-state index contributed by atoms with van der Waals surface area (Å²) in [6, 6.07) is 4.48. The molecule has 0 aliphatic carbocycles. The van der Waals surface area contributed by atoms with Crippen molar-refractivity contribution >= 4 is 33.9 Å². The van der Waals surface area contributed by atoms with Gasteiger partial charge in [0.05, 0.1) is 3.57 Å². The second-order valence-electron chi connectivity index (χ2n) is 4.30. The van der Waals surface area contributed by atoms with Crippen molar-refractivity contribution in [3.05, 3.63) is 48.3 Å². The van der Waals surface area contributed by atoms with Gasteiger partial charge in [0, 0.05) is 30.2 Å². The molecular formula is C13H16IN3OS. The molecule has 0 aromatic carbocycles. The summed E-state index contributed by atoms with van der Waals surface area (Å²) < 4.78 is 2.38. The van der Waals surface area contributed by atoms with Crippen molar-refractivity contribution < 1.29 is 0 Å². The van der Waals surface area contributed by atoms with E-state index in [4.69, 9.17) is 0 Å². The largest absolute Gasteiger partial charge is 0.308 e. The van der Waals surface area contributed by atoms with E-state index in [1.165, 1.54) is 4.88 Å². The van der Waals surface area contributed by atoms with Gasteiger partial charge in [-0.25, -0.2) is 4.98 Å². The van der Waals surface area contributed by atoms with Gasteiger partial charge in [0.25, 0.3) is 5.56 Å². The van der Waals surface area contributed by atoms with Crippen molar-refractivity contribution in [3.8, 4) is 0 Å². The number of hydrogen-bond donors (Lipinski definition) is 1. The van der Waals surface area contributed by atoms with Gasteiger partial charge in [-0.05, 0) is 47.9 Å². The highest BCUT2D eigenvalue weighted by molar-refractivity contribution is 14.1. The Labute approximate surface area is 130 Å². The highest BCUT2D eigenvalue weighted by atomic mass is 127. The van der Waals surface area contributed by atoms with E-state index in [-0.39, 0.29) is 5.56 Å². The molecule has 0 aliphatic heterocycles. The molecule has 1 unspecified atom stereocenters. The van der Waals surface area contributed by atoms with Gasteiger partial charge in [0.1, 0.15) is 5.82 Å². The molecule has 19 heavy (non-hydrogen) atoms. The van der Waals surface area contributed by atoms with Gasteiger partial charge in [-0.2, -0.15) is 0 Å². The number of aromatic nitrogens is 2. The summed E-state index contributed by atoms with van der Waals surface area (Å²) in [4.78, 5) is 17.5. The van der Waals surface area contributed by atoms with Crippen LogP contribution in [0.3, 0.4) is 0 Å². The number of halogens is 1. The fourth-order valence-corrected chi connectivity index (χ4v) is 3.03. The molecule has 0 spiro atoms. The standard InChI is InChI=1S/C13H16IN3OS/c1-9(12-4-3-7-19-12)15-5-6-17-10(2)16-8-11(14)13(17)18/h3-4,7-9,15H,5-6H2,1-2H3. The van der Waals surface area contributed by atoms with Crippen molar-refractivity contribution in [1.29, 1.82) is 0 Å². The zero-order valence-electron chi connectivity index (χ0n) is 10.9. The second kappa shape index (κ2) is 6.62. The summed E-state index contributed by atoms with van der Waals surface area (Å²) in [5, 5.41) is 5.50. The zero-order chi connectivity index (χ0) is 13.8. The fraction of sp³-hybridized carbons (Fsp3) is 0.385. The highest BCUT2D eigenvalue weighted by Crippen LogP contribution is 2.17. The lowest BCUT2D eigenvalue weighted by Gasteiger charge is -2.14. The maximum atomic E-state index is 12.0. The number of thiophene rings is 1. The molecule has 0 bridgehead atoms. The Balaban J connectivity index is 1.97. The summed E-state index contributed by atoms with van der Waals surface area (Å²) >= 11 is 3.77. The fourth-order valence-electron chi connectivity index (χ4n) is 1.85. The molecule has 6 heteroatoms. The molecule has 1 N–H and O–H groups in total. The lowest BCUT2D eigenvalue weighted by molar-refractivity contribution is 0.517. The maximum Gasteiger partial charge on any atom is 0.266 e. The highest BCUT2D eigenvalue weighted by Gasteiger charge is 2.07. The Morgan fingerprint density at radius 2 is 2.37 bits per heavy atom. The van der Waals surface area contributed by atoms with Gasteiger partial charge >= 0.3 is 0 Å². The van der Waals surface area contributed by atoms with Crippen molar-refractivity contribution in [2.45, 2.75) is 26.4 Å². The van der Waals surface area contributed by atoms with Crippen molar-refractivity contribution in [3.63, 3.8) is 0 Å². The Morgan fingerprint density at radius 3 is 3.05 bits per heavy atom. The number of nitrogens with one attached hydrogen (secondary N) is 1. The predicted molar refractivity (Wildman–Crippen MR) is 86.7 cm³/mol. The maximum absolute atomic E-state index is 12.0. The Hall–Kier alpha value is -0.730. The normalized spacial score (nSPS) is 12.6. The first-order valence-corrected chi connectivity index (χ1v) is 8.04. The molecule has 0 amide bonds. The van der Waals surface area contributed by atoms with E-state index in [1.807, 2.05) is 29.5 Å². The minimum absolute atomic E-state index is 0.0404. The SMILES string of the molecule is Cc1ncc(I)c(=O)n1CCNC(C)c1cccs1. The Morgan fingerprint density at radius 1 is 1.58 bits per heavy atom. The molecule has 2 aromatic rings. The molecule has 4 nitrogen and oxygen atoms in total. The smallest absolute Gasteiger partial charge is 0.266 e. The van der Waals surface area contributed by atoms with Crippen LogP contribution >= 0.6 is 33.9 Å². The van der Waals surface area contributed by atoms with Gasteiger partial charge in [-0.15, -0.1) is 11.3 Å². The lowest BCUT2D eigenvalue weighted by Crippen LogP contribution is -2.31. The minimum atomic E-state index is 0.0404. The summed E-state index contributed by atoms with van der Waals surface area (Å²) in [6.45, 7) is 5.39. The van der Waals surface area contributed by atoms with Crippen LogP contribution in [0.2, 0.25) is 0 Å². The van der Waals surface area contributed by atoms with Crippen LogP contribution in [0.5, 0.6) is 0 Å². The van der Waals surface area contributed by atoms with Crippen LogP contribution in [-0.2, 0) is 6.54 Å². The van der Waals surface area contributed by atoms with Gasteiger partial charge in [0.15, 0.2) is 0 Å². The lowest BCUT2D eigenvalue weighted by atomic mass is 10.3. The van der Waals surface area contributed by atoms with Crippen LogP contribution in [0.15, 0.2) is 28.5 Å². The summed E-state index contributed by atoms with van der Waals surface area (Å²) in [5.41, 5.74) is 0.0404. The number of rotatable bonds is 5. The third-order valence-corrected chi connectivity index (χ3v) is 4.76. The van der Waals surface area contributed by atoms with Crippen LogP contribution in [-0.4, -0.2) is 16.1 Å². The first-order chi connectivity index (χ1) is 9.09. The Bertz CT molecular complexity index is 594. The van der Waals surface area contributed by atoms with Crippen LogP contribution in [0, 0.1) is 10.5 Å². The van der Waals surface area contributed by atoms with E-state index in [0.29, 0.717) is 16.2 Å². The summed E-state index contributed by atoms with van der Waals surface area (Å²) in [5.74, 6) is 0.760. The first-order valence-electron chi connectivity index (χ1n) is 6.08. The quantitative estimate of drug-likeness (QED) is 0.800.